The molecule has 17 heavy (non-hydrogen) atoms. The summed E-state index contributed by atoms with van der Waals surface area (Å²) in [7, 11) is 0. The van der Waals surface area contributed by atoms with E-state index in [-0.39, 0.29) is 18.4 Å². The van der Waals surface area contributed by atoms with Crippen molar-refractivity contribution in [1.29, 1.82) is 0 Å². The Hall–Kier alpha value is -1.17. The quantitative estimate of drug-likeness (QED) is 0.537. The number of hydrogen-bond acceptors (Lipinski definition) is 4. The Morgan fingerprint density at radius 1 is 1.53 bits per heavy atom. The summed E-state index contributed by atoms with van der Waals surface area (Å²) in [6, 6.07) is 4.39. The Kier molecular flexibility index (Phi) is 4.45. The normalized spacial score (nSPS) is 14.8. The highest BCUT2D eigenvalue weighted by atomic mass is 19.1. The van der Waals surface area contributed by atoms with E-state index >= 15 is 0 Å². The van der Waals surface area contributed by atoms with Crippen molar-refractivity contribution in [2.24, 2.45) is 5.84 Å². The van der Waals surface area contributed by atoms with E-state index in [1.165, 1.54) is 12.1 Å². The number of aliphatic hydroxyl groups is 1. The first kappa shape index (κ1) is 13.9. The summed E-state index contributed by atoms with van der Waals surface area (Å²) in [4.78, 5) is 0. The van der Waals surface area contributed by atoms with E-state index in [2.05, 4.69) is 5.43 Å². The minimum Gasteiger partial charge on any atom is -0.488 e. The van der Waals surface area contributed by atoms with Crippen molar-refractivity contribution in [2.75, 3.05) is 6.54 Å². The molecule has 1 aromatic carbocycles. The van der Waals surface area contributed by atoms with Gasteiger partial charge in [-0.3, -0.25) is 11.3 Å². The Labute approximate surface area is 101 Å². The second kappa shape index (κ2) is 5.44. The van der Waals surface area contributed by atoms with E-state index in [1.54, 1.807) is 13.0 Å². The maximum absolute atomic E-state index is 13.7. The van der Waals surface area contributed by atoms with Crippen molar-refractivity contribution in [1.82, 2.24) is 5.43 Å². The fourth-order valence-electron chi connectivity index (χ4n) is 1.49. The molecule has 1 atom stereocenters. The number of hydrogen-bond donors (Lipinski definition) is 3. The van der Waals surface area contributed by atoms with Crippen LogP contribution in [-0.2, 0) is 5.60 Å². The fourth-order valence-corrected chi connectivity index (χ4v) is 1.49. The van der Waals surface area contributed by atoms with Gasteiger partial charge in [0.05, 0.1) is 6.10 Å². The van der Waals surface area contributed by atoms with Gasteiger partial charge < -0.3 is 9.84 Å². The number of nitrogens with two attached hydrogens (primary N) is 1. The van der Waals surface area contributed by atoms with Crippen LogP contribution in [0.25, 0.3) is 0 Å². The average molecular weight is 242 g/mol. The lowest BCUT2D eigenvalue weighted by Crippen LogP contribution is -2.38. The highest BCUT2D eigenvalue weighted by Crippen LogP contribution is 2.26. The zero-order valence-electron chi connectivity index (χ0n) is 10.3. The van der Waals surface area contributed by atoms with Crippen molar-refractivity contribution in [3.63, 3.8) is 0 Å². The molecule has 5 heteroatoms. The molecule has 1 rings (SSSR count). The lowest BCUT2D eigenvalue weighted by Gasteiger charge is -2.23. The number of hydrazine groups is 1. The maximum atomic E-state index is 13.7. The van der Waals surface area contributed by atoms with Gasteiger partial charge in [-0.1, -0.05) is 6.07 Å². The zero-order chi connectivity index (χ0) is 13.1. The van der Waals surface area contributed by atoms with Crippen molar-refractivity contribution in [3.05, 3.63) is 29.6 Å². The third-order valence-corrected chi connectivity index (χ3v) is 2.36. The van der Waals surface area contributed by atoms with Crippen LogP contribution in [0.1, 0.15) is 26.3 Å². The lowest BCUT2D eigenvalue weighted by molar-refractivity contribution is 0.0568. The Morgan fingerprint density at radius 3 is 2.65 bits per heavy atom. The molecule has 0 aromatic heterocycles. The molecule has 0 amide bonds. The summed E-state index contributed by atoms with van der Waals surface area (Å²) in [5.41, 5.74) is 1.60. The van der Waals surface area contributed by atoms with Crippen molar-refractivity contribution >= 4 is 0 Å². The Bertz CT molecular complexity index is 381. The second-order valence-electron chi connectivity index (χ2n) is 4.47. The van der Waals surface area contributed by atoms with Gasteiger partial charge in [-0.2, -0.15) is 0 Å². The van der Waals surface area contributed by atoms with E-state index in [9.17, 15) is 9.50 Å². The minimum absolute atomic E-state index is 0.0958. The van der Waals surface area contributed by atoms with Crippen LogP contribution in [0.2, 0.25) is 0 Å². The Balaban J connectivity index is 2.95. The predicted octanol–water partition coefficient (Wildman–Crippen LogP) is 1.28. The van der Waals surface area contributed by atoms with Gasteiger partial charge in [0.2, 0.25) is 0 Å². The summed E-state index contributed by atoms with van der Waals surface area (Å²) >= 11 is 0. The summed E-state index contributed by atoms with van der Waals surface area (Å²) in [5.74, 6) is 4.85. The first-order valence-corrected chi connectivity index (χ1v) is 5.49. The molecule has 0 bridgehead atoms. The Morgan fingerprint density at radius 2 is 2.18 bits per heavy atom. The summed E-state index contributed by atoms with van der Waals surface area (Å²) in [6.07, 6.45) is -0.0958. The highest BCUT2D eigenvalue weighted by Gasteiger charge is 2.23. The van der Waals surface area contributed by atoms with Crippen LogP contribution in [-0.4, -0.2) is 17.8 Å². The van der Waals surface area contributed by atoms with Crippen LogP contribution >= 0.6 is 0 Å². The molecular formula is C12H19FN2O2. The molecule has 0 saturated carbocycles. The lowest BCUT2D eigenvalue weighted by atomic mass is 9.96. The van der Waals surface area contributed by atoms with Gasteiger partial charge in [0.1, 0.15) is 5.60 Å². The molecule has 1 unspecified atom stereocenters. The van der Waals surface area contributed by atoms with E-state index in [4.69, 9.17) is 10.6 Å². The molecule has 0 fully saturated rings. The molecule has 4 nitrogen and oxygen atoms in total. The topological polar surface area (TPSA) is 67.5 Å². The predicted molar refractivity (Wildman–Crippen MR) is 63.9 cm³/mol. The molecule has 0 spiro atoms. The molecule has 0 radical (unpaired) electrons. The monoisotopic (exact) mass is 242 g/mol. The molecule has 0 aliphatic carbocycles. The fraction of sp³-hybridized carbons (Fsp3) is 0.500. The maximum Gasteiger partial charge on any atom is 0.165 e. The van der Waals surface area contributed by atoms with E-state index in [0.29, 0.717) is 5.56 Å². The second-order valence-corrected chi connectivity index (χ2v) is 4.47. The smallest absolute Gasteiger partial charge is 0.165 e. The van der Waals surface area contributed by atoms with Crippen LogP contribution < -0.4 is 16.0 Å². The van der Waals surface area contributed by atoms with Gasteiger partial charge in [-0.05, 0) is 38.5 Å². The largest absolute Gasteiger partial charge is 0.488 e. The summed E-state index contributed by atoms with van der Waals surface area (Å²) in [6.45, 7) is 5.34. The van der Waals surface area contributed by atoms with Crippen LogP contribution in [0.15, 0.2) is 18.2 Å². The van der Waals surface area contributed by atoms with Crippen molar-refractivity contribution < 1.29 is 14.2 Å². The van der Waals surface area contributed by atoms with Gasteiger partial charge in [0.15, 0.2) is 11.6 Å². The first-order valence-electron chi connectivity index (χ1n) is 5.49. The number of rotatable bonds is 5. The van der Waals surface area contributed by atoms with Crippen LogP contribution in [0.3, 0.4) is 0 Å². The number of nitrogens with one attached hydrogen (secondary N) is 1. The molecule has 96 valence electrons. The molecular weight excluding hydrogens is 223 g/mol. The standard InChI is InChI=1S/C12H19FN2O2/c1-8(2)17-11-5-4-9(6-10(11)13)12(3,16)7-15-14/h4-6,8,15-16H,7,14H2,1-3H3. The molecule has 0 heterocycles. The molecule has 4 N–H and O–H groups in total. The van der Waals surface area contributed by atoms with Crippen molar-refractivity contribution in [2.45, 2.75) is 32.5 Å². The molecule has 0 aliphatic heterocycles. The van der Waals surface area contributed by atoms with Gasteiger partial charge in [-0.15, -0.1) is 0 Å². The van der Waals surface area contributed by atoms with E-state index in [0.717, 1.165) is 0 Å². The van der Waals surface area contributed by atoms with Gasteiger partial charge in [0, 0.05) is 6.54 Å². The van der Waals surface area contributed by atoms with E-state index in [1.807, 2.05) is 13.8 Å². The number of halogens is 1. The average Bonchev–Trinajstić information content (AvgIpc) is 2.20. The van der Waals surface area contributed by atoms with Crippen LogP contribution in [0.5, 0.6) is 5.75 Å². The van der Waals surface area contributed by atoms with Gasteiger partial charge >= 0.3 is 0 Å². The van der Waals surface area contributed by atoms with Crippen molar-refractivity contribution in [3.8, 4) is 5.75 Å². The molecule has 0 saturated heterocycles. The molecule has 0 aliphatic rings. The van der Waals surface area contributed by atoms with E-state index < -0.39 is 11.4 Å². The highest BCUT2D eigenvalue weighted by molar-refractivity contribution is 5.32. The third-order valence-electron chi connectivity index (χ3n) is 2.36. The zero-order valence-corrected chi connectivity index (χ0v) is 10.3. The molecule has 1 aromatic rings. The SMILES string of the molecule is CC(C)Oc1ccc(C(C)(O)CNN)cc1F. The first-order chi connectivity index (χ1) is 7.86. The third kappa shape index (κ3) is 3.66. The minimum atomic E-state index is -1.22. The van der Waals surface area contributed by atoms with Gasteiger partial charge in [-0.25, -0.2) is 4.39 Å². The summed E-state index contributed by atoms with van der Waals surface area (Å²) < 4.78 is 19.0. The number of ether oxygens (including phenoxy) is 1. The number of benzene rings is 1. The van der Waals surface area contributed by atoms with Crippen LogP contribution in [0, 0.1) is 5.82 Å². The van der Waals surface area contributed by atoms with Crippen LogP contribution in [0.4, 0.5) is 4.39 Å². The summed E-state index contributed by atoms with van der Waals surface area (Å²) in [5, 5.41) is 10.0. The van der Waals surface area contributed by atoms with Gasteiger partial charge in [0.25, 0.3) is 0 Å².